The van der Waals surface area contributed by atoms with Crippen LogP contribution in [0.1, 0.15) is 46.6 Å². The van der Waals surface area contributed by atoms with E-state index in [9.17, 15) is 9.59 Å². The smallest absolute Gasteiger partial charge is 0.192 e. The maximum atomic E-state index is 13.3. The van der Waals surface area contributed by atoms with Crippen LogP contribution in [0.3, 0.4) is 0 Å². The van der Waals surface area contributed by atoms with Crippen LogP contribution >= 0.6 is 12.9 Å². The van der Waals surface area contributed by atoms with Crippen molar-refractivity contribution in [1.82, 2.24) is 10.2 Å². The topological polar surface area (TPSA) is 103 Å². The fourth-order valence-electron chi connectivity index (χ4n) is 3.12. The minimum Gasteiger partial charge on any atom is -0.497 e. The normalized spacial score (nSPS) is 14.0. The maximum Gasteiger partial charge on any atom is 0.192 e. The molecule has 0 aromatic heterocycles. The monoisotopic (exact) mass is 742 g/mol. The Balaban J connectivity index is -0.00000148. The number of aldehydes is 1. The van der Waals surface area contributed by atoms with Crippen LogP contribution in [-0.2, 0) is 48.1 Å². The maximum absolute atomic E-state index is 13.3. The SMILES string of the molecule is C=C/C(OC)=C(\C=C(/N[C-]=O)C(=O)N1C=C(c2ccc(OC)cc2)C[C@H]1COS)OC.CC.CC.CC=O.[Ir]. The van der Waals surface area contributed by atoms with Crippen LogP contribution in [0.5, 0.6) is 5.75 Å². The molecule has 1 aliphatic heterocycles. The third-order valence-electron chi connectivity index (χ3n) is 4.67. The molecule has 0 spiro atoms. The molecule has 221 valence electrons. The molecule has 2 amide bonds. The molecule has 0 fully saturated rings. The molecular formula is C28H41IrN2O7S-. The Morgan fingerprint density at radius 3 is 2.08 bits per heavy atom. The average molecular weight is 742 g/mol. The van der Waals surface area contributed by atoms with Crippen LogP contribution < -0.4 is 10.1 Å². The number of hydrogen-bond donors (Lipinski definition) is 2. The minimum atomic E-state index is -0.476. The van der Waals surface area contributed by atoms with Gasteiger partial charge in [-0.2, -0.15) is 0 Å². The van der Waals surface area contributed by atoms with E-state index in [1.54, 1.807) is 13.3 Å². The summed E-state index contributed by atoms with van der Waals surface area (Å²) < 4.78 is 20.7. The van der Waals surface area contributed by atoms with Crippen LogP contribution in [0.15, 0.2) is 66.4 Å². The number of carbonyl (C=O) groups excluding carboxylic acids is 3. The van der Waals surface area contributed by atoms with Crippen molar-refractivity contribution in [3.63, 3.8) is 0 Å². The Hall–Kier alpha value is -2.85. The summed E-state index contributed by atoms with van der Waals surface area (Å²) >= 11 is 3.84. The predicted molar refractivity (Wildman–Crippen MR) is 154 cm³/mol. The van der Waals surface area contributed by atoms with E-state index in [1.165, 1.54) is 44.6 Å². The second-order valence-corrected chi connectivity index (χ2v) is 6.87. The van der Waals surface area contributed by atoms with Gasteiger partial charge < -0.3 is 38.2 Å². The van der Waals surface area contributed by atoms with Crippen molar-refractivity contribution in [2.24, 2.45) is 0 Å². The van der Waals surface area contributed by atoms with E-state index in [0.717, 1.165) is 23.2 Å². The Morgan fingerprint density at radius 1 is 1.13 bits per heavy atom. The van der Waals surface area contributed by atoms with Crippen LogP contribution in [-0.4, -0.2) is 57.5 Å². The van der Waals surface area contributed by atoms with Gasteiger partial charge >= 0.3 is 0 Å². The summed E-state index contributed by atoms with van der Waals surface area (Å²) in [6, 6.07) is 7.18. The summed E-state index contributed by atoms with van der Waals surface area (Å²) in [4.78, 5) is 34.6. The molecule has 0 unspecified atom stereocenters. The van der Waals surface area contributed by atoms with Gasteiger partial charge in [0.1, 0.15) is 17.8 Å². The van der Waals surface area contributed by atoms with E-state index in [0.29, 0.717) is 12.2 Å². The summed E-state index contributed by atoms with van der Waals surface area (Å²) in [7, 11) is 4.45. The first-order valence-electron chi connectivity index (χ1n) is 12.1. The van der Waals surface area contributed by atoms with Gasteiger partial charge in [-0.05, 0) is 61.3 Å². The third-order valence-corrected chi connectivity index (χ3v) is 4.81. The van der Waals surface area contributed by atoms with Crippen LogP contribution in [0.2, 0.25) is 0 Å². The number of thiol groups is 1. The van der Waals surface area contributed by atoms with Crippen molar-refractivity contribution in [1.29, 1.82) is 0 Å². The van der Waals surface area contributed by atoms with E-state index >= 15 is 0 Å². The molecule has 1 aromatic carbocycles. The largest absolute Gasteiger partial charge is 0.497 e. The summed E-state index contributed by atoms with van der Waals surface area (Å²) in [5.41, 5.74) is 1.80. The summed E-state index contributed by atoms with van der Waals surface area (Å²) in [5.74, 6) is 0.767. The standard InChI is InChI=1S/C22H25N2O6S.C2H4O.2C2H6.Ir/c1-5-20(28-3)21(29-4)11-19(23-14-25)22(26)24-12-16(10-17(24)13-30-31)15-6-8-18(27-2)9-7-15;1-2-3;2*1-2;/h5-9,11-12,17,31H,1,10,13H2,2-4H3,(H,23,25);2H,1H3;2*1-2H3;/q-1;;;;/b19-11-,21-20-;;;;/t17-;;;;/m0..../s1. The molecule has 2 rings (SSSR count). The van der Waals surface area contributed by atoms with E-state index in [-0.39, 0.29) is 44.2 Å². The molecule has 1 radical (unpaired) electrons. The molecule has 1 atom stereocenters. The number of rotatable bonds is 11. The number of allylic oxidation sites excluding steroid dienone is 2. The first-order valence-corrected chi connectivity index (χ1v) is 12.4. The third kappa shape index (κ3) is 13.7. The quantitative estimate of drug-likeness (QED) is 0.0482. The average Bonchev–Trinajstić information content (AvgIpc) is 3.39. The minimum absolute atomic E-state index is 0. The number of nitrogens with one attached hydrogen (secondary N) is 1. The van der Waals surface area contributed by atoms with E-state index in [1.807, 2.05) is 52.0 Å². The van der Waals surface area contributed by atoms with Gasteiger partial charge in [0.15, 0.2) is 11.7 Å². The van der Waals surface area contributed by atoms with Crippen molar-refractivity contribution in [2.45, 2.75) is 47.1 Å². The van der Waals surface area contributed by atoms with Crippen molar-refractivity contribution >= 4 is 37.1 Å². The van der Waals surface area contributed by atoms with Gasteiger partial charge in [-0.1, -0.05) is 52.5 Å². The fourth-order valence-corrected chi connectivity index (χ4v) is 3.29. The molecule has 0 saturated carbocycles. The number of nitrogens with zero attached hydrogens (tertiary/aromatic N) is 1. The molecule has 0 bridgehead atoms. The van der Waals surface area contributed by atoms with Crippen LogP contribution in [0.25, 0.3) is 5.57 Å². The van der Waals surface area contributed by atoms with Crippen molar-refractivity contribution in [2.75, 3.05) is 27.9 Å². The molecule has 1 aromatic rings. The van der Waals surface area contributed by atoms with E-state index in [4.69, 9.17) is 23.2 Å². The van der Waals surface area contributed by atoms with Crippen LogP contribution in [0, 0.1) is 0 Å². The van der Waals surface area contributed by atoms with Gasteiger partial charge in [-0.3, -0.25) is 4.79 Å². The Morgan fingerprint density at radius 2 is 1.67 bits per heavy atom. The summed E-state index contributed by atoms with van der Waals surface area (Å²) in [5, 5.41) is 2.31. The van der Waals surface area contributed by atoms with Gasteiger partial charge in [-0.25, -0.2) is 0 Å². The molecule has 0 saturated heterocycles. The summed E-state index contributed by atoms with van der Waals surface area (Å²) in [6.45, 7) is 13.3. The molecule has 1 N–H and O–H groups in total. The molecule has 9 nitrogen and oxygen atoms in total. The number of ether oxygens (including phenoxy) is 3. The van der Waals surface area contributed by atoms with Crippen molar-refractivity contribution < 1.29 is 52.9 Å². The van der Waals surface area contributed by atoms with Crippen molar-refractivity contribution in [3.8, 4) is 5.75 Å². The van der Waals surface area contributed by atoms with Gasteiger partial charge in [0.25, 0.3) is 0 Å². The fraction of sp³-hybridized carbons (Fsp3) is 0.393. The number of methoxy groups -OCH3 is 3. The molecule has 1 aliphatic rings. The Bertz CT molecular complexity index is 948. The molecule has 39 heavy (non-hydrogen) atoms. The molecule has 0 aliphatic carbocycles. The predicted octanol–water partition coefficient (Wildman–Crippen LogP) is 4.98. The first-order chi connectivity index (χ1) is 18.4. The second kappa shape index (κ2) is 25.4. The molecule has 1 heterocycles. The number of hydrogen-bond acceptors (Lipinski definition) is 8. The van der Waals surface area contributed by atoms with E-state index in [2.05, 4.69) is 24.8 Å². The number of benzene rings is 1. The zero-order chi connectivity index (χ0) is 29.5. The molecular weight excluding hydrogens is 701 g/mol. The van der Waals surface area contributed by atoms with Gasteiger partial charge in [0, 0.05) is 26.3 Å². The Labute approximate surface area is 252 Å². The number of amides is 2. The Kier molecular flexibility index (Phi) is 26.5. The van der Waals surface area contributed by atoms with Crippen LogP contribution in [0.4, 0.5) is 0 Å². The number of carbonyl (C=O) groups is 2. The summed E-state index contributed by atoms with van der Waals surface area (Å²) in [6.07, 6.45) is 7.33. The van der Waals surface area contributed by atoms with Gasteiger partial charge in [0.2, 0.25) is 0 Å². The first kappa shape index (κ1) is 40.6. The molecule has 11 heteroatoms. The second-order valence-electron chi connectivity index (χ2n) is 6.61. The zero-order valence-corrected chi connectivity index (χ0v) is 27.2. The van der Waals surface area contributed by atoms with Crippen molar-refractivity contribution in [3.05, 3.63) is 72.0 Å². The zero-order valence-electron chi connectivity index (χ0n) is 23.9. The van der Waals surface area contributed by atoms with E-state index < -0.39 is 5.91 Å². The van der Waals surface area contributed by atoms with Gasteiger partial charge in [-0.15, -0.1) is 0 Å². The van der Waals surface area contributed by atoms with Gasteiger partial charge in [0.05, 0.1) is 40.4 Å².